The van der Waals surface area contributed by atoms with Gasteiger partial charge in [-0.2, -0.15) is 10.2 Å². The van der Waals surface area contributed by atoms with Crippen LogP contribution in [0.25, 0.3) is 11.3 Å². The number of anilines is 1. The van der Waals surface area contributed by atoms with Crippen molar-refractivity contribution in [3.8, 4) is 11.3 Å². The first-order valence-electron chi connectivity index (χ1n) is 10.2. The number of rotatable bonds is 5. The summed E-state index contributed by atoms with van der Waals surface area (Å²) in [5.41, 5.74) is 3.61. The van der Waals surface area contributed by atoms with Crippen molar-refractivity contribution in [3.63, 3.8) is 0 Å². The molecule has 154 valence electrons. The highest BCUT2D eigenvalue weighted by Gasteiger charge is 2.26. The lowest BCUT2D eigenvalue weighted by molar-refractivity contribution is 0.0791. The summed E-state index contributed by atoms with van der Waals surface area (Å²) in [5.74, 6) is 1.79. The number of nitrogens with zero attached hydrogens (tertiary/aromatic N) is 6. The Kier molecular flexibility index (Phi) is 4.94. The van der Waals surface area contributed by atoms with Crippen molar-refractivity contribution in [2.45, 2.75) is 46.3 Å². The predicted octanol–water partition coefficient (Wildman–Crippen LogP) is 3.11. The van der Waals surface area contributed by atoms with Crippen molar-refractivity contribution in [1.29, 1.82) is 0 Å². The van der Waals surface area contributed by atoms with E-state index in [4.69, 9.17) is 10.1 Å². The minimum Gasteiger partial charge on any atom is -0.386 e. The van der Waals surface area contributed by atoms with Gasteiger partial charge in [0.15, 0.2) is 0 Å². The Morgan fingerprint density at radius 3 is 2.62 bits per heavy atom. The predicted molar refractivity (Wildman–Crippen MR) is 114 cm³/mol. The molecule has 1 aliphatic rings. The molecule has 1 N–H and O–H groups in total. The highest BCUT2D eigenvalue weighted by Crippen LogP contribution is 2.31. The van der Waals surface area contributed by atoms with Gasteiger partial charge < -0.3 is 10.0 Å². The van der Waals surface area contributed by atoms with Crippen LogP contribution in [-0.2, 0) is 19.2 Å². The van der Waals surface area contributed by atoms with Crippen LogP contribution >= 0.6 is 0 Å². The van der Waals surface area contributed by atoms with E-state index in [0.29, 0.717) is 6.54 Å². The number of hydrogen-bond donors (Lipinski definition) is 1. The molecule has 3 aromatic heterocycles. The minimum absolute atomic E-state index is 0.610. The van der Waals surface area contributed by atoms with Crippen molar-refractivity contribution >= 4 is 5.82 Å². The minimum atomic E-state index is -0.993. The summed E-state index contributed by atoms with van der Waals surface area (Å²) in [6.45, 7) is 10.7. The fourth-order valence-electron chi connectivity index (χ4n) is 3.94. The summed E-state index contributed by atoms with van der Waals surface area (Å²) in [6, 6.07) is 4.26. The maximum Gasteiger partial charge on any atom is 0.128 e. The molecule has 3 aromatic rings. The Balaban J connectivity index is 1.62. The van der Waals surface area contributed by atoms with Crippen LogP contribution in [-0.4, -0.2) is 42.7 Å². The second-order valence-corrected chi connectivity index (χ2v) is 8.80. The van der Waals surface area contributed by atoms with E-state index >= 15 is 0 Å². The molecule has 1 atom stereocenters. The molecule has 0 saturated carbocycles. The van der Waals surface area contributed by atoms with E-state index in [1.807, 2.05) is 24.1 Å². The Morgan fingerprint density at radius 2 is 2.03 bits per heavy atom. The number of aryl methyl sites for hydroxylation is 2. The Bertz CT molecular complexity index is 1010. The monoisotopic (exact) mass is 394 g/mol. The topological polar surface area (TPSA) is 72.0 Å². The smallest absolute Gasteiger partial charge is 0.128 e. The summed E-state index contributed by atoms with van der Waals surface area (Å²) >= 11 is 0. The number of pyridine rings is 1. The van der Waals surface area contributed by atoms with Crippen molar-refractivity contribution in [3.05, 3.63) is 47.5 Å². The Morgan fingerprint density at radius 1 is 1.24 bits per heavy atom. The summed E-state index contributed by atoms with van der Waals surface area (Å²) in [5, 5.41) is 19.7. The molecule has 7 nitrogen and oxygen atoms in total. The number of aromatic nitrogens is 5. The van der Waals surface area contributed by atoms with Crippen molar-refractivity contribution in [2.75, 3.05) is 18.0 Å². The summed E-state index contributed by atoms with van der Waals surface area (Å²) in [6.07, 6.45) is 6.85. The van der Waals surface area contributed by atoms with E-state index in [2.05, 4.69) is 36.0 Å². The van der Waals surface area contributed by atoms with Gasteiger partial charge in [-0.3, -0.25) is 9.36 Å². The second kappa shape index (κ2) is 7.30. The Labute approximate surface area is 172 Å². The molecule has 7 heteroatoms. The first kappa shape index (κ1) is 19.6. The standard InChI is InChI=1S/C22H30N6O/c1-15-8-9-27(11-15)20-7-6-17(16(2)24-20)13-28-14-19(22(3,4)29)21(25-28)18-10-23-26(5)12-18/h6-7,10,12,14-15,29H,8-9,11,13H2,1-5H3. The lowest BCUT2D eigenvalue weighted by Gasteiger charge is -2.18. The summed E-state index contributed by atoms with van der Waals surface area (Å²) in [4.78, 5) is 7.21. The summed E-state index contributed by atoms with van der Waals surface area (Å²) < 4.78 is 3.63. The van der Waals surface area contributed by atoms with Crippen LogP contribution in [0.15, 0.2) is 30.7 Å². The molecule has 0 aromatic carbocycles. The van der Waals surface area contributed by atoms with Crippen molar-refractivity contribution < 1.29 is 5.11 Å². The zero-order valence-corrected chi connectivity index (χ0v) is 17.9. The van der Waals surface area contributed by atoms with Gasteiger partial charge in [0, 0.05) is 49.4 Å². The Hall–Kier alpha value is -2.67. The van der Waals surface area contributed by atoms with E-state index in [1.54, 1.807) is 24.7 Å². The highest BCUT2D eigenvalue weighted by molar-refractivity contribution is 5.62. The van der Waals surface area contributed by atoms with Crippen LogP contribution in [0.1, 0.15) is 44.0 Å². The molecule has 1 saturated heterocycles. The van der Waals surface area contributed by atoms with E-state index in [9.17, 15) is 5.11 Å². The average molecular weight is 395 g/mol. The molecule has 1 unspecified atom stereocenters. The van der Waals surface area contributed by atoms with Gasteiger partial charge in [0.05, 0.1) is 18.3 Å². The van der Waals surface area contributed by atoms with Crippen molar-refractivity contribution in [2.24, 2.45) is 13.0 Å². The first-order chi connectivity index (χ1) is 13.7. The molecule has 0 aliphatic carbocycles. The fraction of sp³-hybridized carbons (Fsp3) is 0.500. The normalized spacial score (nSPS) is 17.3. The van der Waals surface area contributed by atoms with E-state index in [1.165, 1.54) is 6.42 Å². The SMILES string of the molecule is Cc1nc(N2CCC(C)C2)ccc1Cn1cc(C(C)(C)O)c(-c2cnn(C)c2)n1. The van der Waals surface area contributed by atoms with Crippen LogP contribution in [0, 0.1) is 12.8 Å². The molecule has 4 rings (SSSR count). The summed E-state index contributed by atoms with van der Waals surface area (Å²) in [7, 11) is 1.88. The second-order valence-electron chi connectivity index (χ2n) is 8.80. The maximum absolute atomic E-state index is 10.7. The molecule has 4 heterocycles. The molecular formula is C22H30N6O. The molecule has 0 amide bonds. The molecular weight excluding hydrogens is 364 g/mol. The zero-order chi connectivity index (χ0) is 20.8. The van der Waals surface area contributed by atoms with Gasteiger partial charge in [-0.15, -0.1) is 0 Å². The van der Waals surface area contributed by atoms with Gasteiger partial charge in [-0.25, -0.2) is 4.98 Å². The van der Waals surface area contributed by atoms with Crippen LogP contribution in [0.3, 0.4) is 0 Å². The van der Waals surface area contributed by atoms with E-state index < -0.39 is 5.60 Å². The van der Waals surface area contributed by atoms with Crippen LogP contribution < -0.4 is 4.90 Å². The fourth-order valence-corrected chi connectivity index (χ4v) is 3.94. The zero-order valence-electron chi connectivity index (χ0n) is 17.9. The third kappa shape index (κ3) is 4.05. The maximum atomic E-state index is 10.7. The number of aliphatic hydroxyl groups is 1. The van der Waals surface area contributed by atoms with Crippen LogP contribution in [0.2, 0.25) is 0 Å². The van der Waals surface area contributed by atoms with Gasteiger partial charge in [0.25, 0.3) is 0 Å². The highest BCUT2D eigenvalue weighted by atomic mass is 16.3. The van der Waals surface area contributed by atoms with E-state index in [-0.39, 0.29) is 0 Å². The molecule has 29 heavy (non-hydrogen) atoms. The largest absolute Gasteiger partial charge is 0.386 e. The first-order valence-corrected chi connectivity index (χ1v) is 10.2. The van der Waals surface area contributed by atoms with Gasteiger partial charge >= 0.3 is 0 Å². The van der Waals surface area contributed by atoms with Crippen molar-refractivity contribution in [1.82, 2.24) is 24.5 Å². The van der Waals surface area contributed by atoms with Crippen LogP contribution in [0.4, 0.5) is 5.82 Å². The van der Waals surface area contributed by atoms with Gasteiger partial charge in [-0.05, 0) is 44.7 Å². The molecule has 1 fully saturated rings. The average Bonchev–Trinajstić information content (AvgIpc) is 3.36. The molecule has 0 radical (unpaired) electrons. The van der Waals surface area contributed by atoms with Crippen LogP contribution in [0.5, 0.6) is 0 Å². The molecule has 1 aliphatic heterocycles. The third-order valence-electron chi connectivity index (χ3n) is 5.66. The third-order valence-corrected chi connectivity index (χ3v) is 5.66. The quantitative estimate of drug-likeness (QED) is 0.720. The van der Waals surface area contributed by atoms with Gasteiger partial charge in [-0.1, -0.05) is 13.0 Å². The molecule has 0 spiro atoms. The molecule has 0 bridgehead atoms. The lowest BCUT2D eigenvalue weighted by atomic mass is 9.97. The van der Waals surface area contributed by atoms with E-state index in [0.717, 1.165) is 52.9 Å². The van der Waals surface area contributed by atoms with Gasteiger partial charge in [0.1, 0.15) is 11.5 Å². The number of hydrogen-bond acceptors (Lipinski definition) is 5. The van der Waals surface area contributed by atoms with Gasteiger partial charge in [0.2, 0.25) is 0 Å². The lowest BCUT2D eigenvalue weighted by Crippen LogP contribution is -2.20.